The van der Waals surface area contributed by atoms with Gasteiger partial charge in [-0.25, -0.2) is 0 Å². The van der Waals surface area contributed by atoms with Crippen LogP contribution in [0.15, 0.2) is 24.3 Å². The lowest BCUT2D eigenvalue weighted by molar-refractivity contribution is -0.138. The second-order valence-corrected chi connectivity index (χ2v) is 8.54. The van der Waals surface area contributed by atoms with E-state index in [1.165, 1.54) is 6.42 Å². The highest BCUT2D eigenvalue weighted by Crippen LogP contribution is 2.64. The summed E-state index contributed by atoms with van der Waals surface area (Å²) in [7, 11) is 0. The number of hydrogen-bond acceptors (Lipinski definition) is 1. The molecule has 2 nitrogen and oxygen atoms in total. The molecule has 4 aliphatic rings. The number of carbonyl (C=O) groups is 1. The van der Waals surface area contributed by atoms with E-state index in [0.717, 1.165) is 32.1 Å². The number of amides is 1. The van der Waals surface area contributed by atoms with Gasteiger partial charge in [-0.3, -0.25) is 4.79 Å². The number of nitrogens with one attached hydrogen (secondary N) is 1. The first-order chi connectivity index (χ1) is 9.98. The van der Waals surface area contributed by atoms with Crippen LogP contribution in [-0.4, -0.2) is 10.8 Å². The van der Waals surface area contributed by atoms with Crippen LogP contribution in [0.4, 0.5) is 5.69 Å². The Hall–Kier alpha value is -0.730. The van der Waals surface area contributed by atoms with Crippen molar-refractivity contribution in [2.75, 3.05) is 5.32 Å². The molecule has 21 heavy (non-hydrogen) atoms. The molecular formula is C17H19Cl2NO. The molecule has 112 valence electrons. The number of benzene rings is 1. The molecule has 0 unspecified atom stereocenters. The molecule has 1 N–H and O–H groups in total. The Bertz CT molecular complexity index is 586. The summed E-state index contributed by atoms with van der Waals surface area (Å²) in [5.41, 5.74) is 0.439. The summed E-state index contributed by atoms with van der Waals surface area (Å²) in [4.78, 5) is 12.8. The molecule has 1 aromatic carbocycles. The molecule has 1 amide bonds. The van der Waals surface area contributed by atoms with Crippen molar-refractivity contribution in [1.82, 2.24) is 0 Å². The Labute approximate surface area is 135 Å². The predicted molar refractivity (Wildman–Crippen MR) is 85.8 cm³/mol. The molecule has 0 radical (unpaired) electrons. The number of rotatable bonds is 2. The van der Waals surface area contributed by atoms with Crippen LogP contribution >= 0.6 is 23.2 Å². The minimum absolute atomic E-state index is 0.120. The van der Waals surface area contributed by atoms with Gasteiger partial charge in [-0.2, -0.15) is 0 Å². The molecule has 0 spiro atoms. The van der Waals surface area contributed by atoms with Gasteiger partial charge in [0.25, 0.3) is 0 Å². The largest absolute Gasteiger partial charge is 0.324 e. The number of halogens is 2. The van der Waals surface area contributed by atoms with Gasteiger partial charge in [-0.1, -0.05) is 23.7 Å². The fourth-order valence-electron chi connectivity index (χ4n) is 5.23. The number of alkyl halides is 1. The maximum absolute atomic E-state index is 12.9. The molecule has 4 aliphatic carbocycles. The van der Waals surface area contributed by atoms with E-state index in [-0.39, 0.29) is 16.2 Å². The minimum atomic E-state index is -0.273. The predicted octanol–water partition coefficient (Wildman–Crippen LogP) is 4.86. The maximum atomic E-state index is 12.9. The molecular weight excluding hydrogens is 305 g/mol. The summed E-state index contributed by atoms with van der Waals surface area (Å²) in [5, 5.41) is 3.65. The maximum Gasteiger partial charge on any atom is 0.230 e. The summed E-state index contributed by atoms with van der Waals surface area (Å²) in [6.07, 6.45) is 6.25. The van der Waals surface area contributed by atoms with E-state index >= 15 is 0 Å². The van der Waals surface area contributed by atoms with Crippen LogP contribution in [0.5, 0.6) is 0 Å². The molecule has 2 atom stereocenters. The minimum Gasteiger partial charge on any atom is -0.324 e. The zero-order valence-corrected chi connectivity index (χ0v) is 13.4. The van der Waals surface area contributed by atoms with E-state index in [9.17, 15) is 4.79 Å². The van der Waals surface area contributed by atoms with Crippen molar-refractivity contribution in [3.8, 4) is 0 Å². The van der Waals surface area contributed by atoms with Gasteiger partial charge < -0.3 is 5.32 Å². The fourth-order valence-corrected chi connectivity index (χ4v) is 6.11. The normalized spacial score (nSPS) is 40.3. The van der Waals surface area contributed by atoms with Crippen molar-refractivity contribution in [1.29, 1.82) is 0 Å². The van der Waals surface area contributed by atoms with Crippen molar-refractivity contribution < 1.29 is 4.79 Å². The summed E-state index contributed by atoms with van der Waals surface area (Å²) in [6.45, 7) is 0. The first kappa shape index (κ1) is 13.9. The summed E-state index contributed by atoms with van der Waals surface area (Å²) in [6, 6.07) is 7.43. The monoisotopic (exact) mass is 323 g/mol. The average molecular weight is 324 g/mol. The third-order valence-electron chi connectivity index (χ3n) is 5.59. The Balaban J connectivity index is 1.61. The first-order valence-electron chi connectivity index (χ1n) is 7.73. The lowest BCUT2D eigenvalue weighted by Crippen LogP contribution is -2.57. The summed E-state index contributed by atoms with van der Waals surface area (Å²) < 4.78 is 0. The highest BCUT2D eigenvalue weighted by Gasteiger charge is 2.60. The van der Waals surface area contributed by atoms with Crippen molar-refractivity contribution in [3.63, 3.8) is 0 Å². The van der Waals surface area contributed by atoms with Gasteiger partial charge in [0.05, 0.1) is 16.1 Å². The van der Waals surface area contributed by atoms with Crippen LogP contribution in [0.2, 0.25) is 5.02 Å². The van der Waals surface area contributed by atoms with Crippen molar-refractivity contribution in [3.05, 3.63) is 29.3 Å². The molecule has 0 aliphatic heterocycles. The van der Waals surface area contributed by atoms with Crippen LogP contribution in [0.25, 0.3) is 0 Å². The van der Waals surface area contributed by atoms with Crippen molar-refractivity contribution in [2.24, 2.45) is 17.3 Å². The molecule has 5 rings (SSSR count). The van der Waals surface area contributed by atoms with E-state index in [4.69, 9.17) is 23.2 Å². The Morgan fingerprint density at radius 2 is 1.81 bits per heavy atom. The number of para-hydroxylation sites is 1. The van der Waals surface area contributed by atoms with Gasteiger partial charge in [0.15, 0.2) is 0 Å². The smallest absolute Gasteiger partial charge is 0.230 e. The van der Waals surface area contributed by atoms with Gasteiger partial charge in [0.1, 0.15) is 0 Å². The van der Waals surface area contributed by atoms with Crippen LogP contribution in [-0.2, 0) is 4.79 Å². The van der Waals surface area contributed by atoms with E-state index in [2.05, 4.69) is 5.32 Å². The average Bonchev–Trinajstić information content (AvgIpc) is 2.38. The van der Waals surface area contributed by atoms with E-state index in [1.807, 2.05) is 18.2 Å². The highest BCUT2D eigenvalue weighted by atomic mass is 35.5. The standard InChI is InChI=1S/C17H19Cl2NO/c18-13-3-1-2-4-14(13)20-15(21)16-6-11-5-12(7-16)9-17(19,8-11)10-16/h1-4,11-12H,5-10H2,(H,20,21)/t11-,12-,16?,17?/m1/s1. The second kappa shape index (κ2) is 4.63. The SMILES string of the molecule is O=C(Nc1ccccc1Cl)C12C[C@H]3C[C@@H](CC(Cl)(C3)C1)C2. The molecule has 4 fully saturated rings. The van der Waals surface area contributed by atoms with Crippen LogP contribution in [0.1, 0.15) is 38.5 Å². The molecule has 0 aromatic heterocycles. The van der Waals surface area contributed by atoms with Crippen LogP contribution in [0.3, 0.4) is 0 Å². The fraction of sp³-hybridized carbons (Fsp3) is 0.588. The van der Waals surface area contributed by atoms with Crippen LogP contribution < -0.4 is 5.32 Å². The Morgan fingerprint density at radius 3 is 2.43 bits per heavy atom. The summed E-state index contributed by atoms with van der Waals surface area (Å²) >= 11 is 13.0. The van der Waals surface area contributed by atoms with Gasteiger partial charge >= 0.3 is 0 Å². The lowest BCUT2D eigenvalue weighted by atomic mass is 9.49. The number of carbonyl (C=O) groups excluding carboxylic acids is 1. The van der Waals surface area contributed by atoms with Gasteiger partial charge in [0.2, 0.25) is 5.91 Å². The van der Waals surface area contributed by atoms with E-state index in [1.54, 1.807) is 6.07 Å². The second-order valence-electron chi connectivity index (χ2n) is 7.33. The van der Waals surface area contributed by atoms with E-state index < -0.39 is 0 Å². The van der Waals surface area contributed by atoms with Crippen molar-refractivity contribution in [2.45, 2.75) is 43.4 Å². The summed E-state index contributed by atoms with van der Waals surface area (Å²) in [5.74, 6) is 1.37. The topological polar surface area (TPSA) is 29.1 Å². The number of anilines is 1. The lowest BCUT2D eigenvalue weighted by Gasteiger charge is -2.59. The van der Waals surface area contributed by atoms with Crippen LogP contribution in [0, 0.1) is 17.3 Å². The highest BCUT2D eigenvalue weighted by molar-refractivity contribution is 6.33. The molecule has 1 aromatic rings. The first-order valence-corrected chi connectivity index (χ1v) is 8.49. The molecule has 4 heteroatoms. The molecule has 4 saturated carbocycles. The third kappa shape index (κ3) is 2.27. The Morgan fingerprint density at radius 1 is 1.14 bits per heavy atom. The van der Waals surface area contributed by atoms with E-state index in [0.29, 0.717) is 22.5 Å². The van der Waals surface area contributed by atoms with Crippen molar-refractivity contribution >= 4 is 34.8 Å². The molecule has 0 saturated heterocycles. The Kier molecular flexibility index (Phi) is 3.07. The third-order valence-corrected chi connectivity index (χ3v) is 6.37. The van der Waals surface area contributed by atoms with Gasteiger partial charge in [-0.15, -0.1) is 11.6 Å². The van der Waals surface area contributed by atoms with Gasteiger partial charge in [-0.05, 0) is 62.5 Å². The zero-order chi connectivity index (χ0) is 14.7. The quantitative estimate of drug-likeness (QED) is 0.774. The number of hydrogen-bond donors (Lipinski definition) is 1. The molecule has 0 heterocycles. The zero-order valence-electron chi connectivity index (χ0n) is 11.9. The van der Waals surface area contributed by atoms with Gasteiger partial charge in [0, 0.05) is 4.87 Å². The molecule has 4 bridgehead atoms.